The van der Waals surface area contributed by atoms with Crippen LogP contribution < -0.4 is 0 Å². The van der Waals surface area contributed by atoms with Gasteiger partial charge in [0.2, 0.25) is 5.60 Å². The van der Waals surface area contributed by atoms with Crippen molar-refractivity contribution < 1.29 is 40.1 Å². The maximum Gasteiger partial charge on any atom is 0.429 e. The van der Waals surface area contributed by atoms with Crippen LogP contribution in [0.1, 0.15) is 39.5 Å². The van der Waals surface area contributed by atoms with E-state index in [1.54, 1.807) is 7.11 Å². The topological polar surface area (TPSA) is 89.9 Å². The number of carbonyl (C=O) groups is 1. The highest BCUT2D eigenvalue weighted by molar-refractivity contribution is 7.85. The molecule has 0 aromatic heterocycles. The molecule has 0 radical (unpaired) electrons. The molecule has 0 rings (SSSR count). The second-order valence-corrected chi connectivity index (χ2v) is 12.6. The van der Waals surface area contributed by atoms with Gasteiger partial charge in [-0.15, -0.1) is 0 Å². The van der Waals surface area contributed by atoms with Gasteiger partial charge < -0.3 is 9.16 Å². The highest BCUT2D eigenvalue weighted by atomic mass is 32.2. The molecule has 6 nitrogen and oxygen atoms in total. The Balaban J connectivity index is 5.10. The molecule has 0 fully saturated rings. The second-order valence-electron chi connectivity index (χ2n) is 6.76. The van der Waals surface area contributed by atoms with E-state index in [1.165, 1.54) is 0 Å². The van der Waals surface area contributed by atoms with E-state index in [9.17, 15) is 26.4 Å². The van der Waals surface area contributed by atoms with Gasteiger partial charge in [-0.05, 0) is 32.0 Å². The lowest BCUT2D eigenvalue weighted by molar-refractivity contribution is -0.256. The molecule has 150 valence electrons. The lowest BCUT2D eigenvalue weighted by Crippen LogP contribution is -2.51. The zero-order valence-corrected chi connectivity index (χ0v) is 17.0. The van der Waals surface area contributed by atoms with Gasteiger partial charge in [0.1, 0.15) is 5.75 Å². The monoisotopic (exact) mass is 408 g/mol. The Bertz CT molecular complexity index is 549. The number of rotatable bonds is 10. The third-order valence-corrected chi connectivity index (χ3v) is 8.75. The lowest BCUT2D eigenvalue weighted by Gasteiger charge is -2.32. The van der Waals surface area contributed by atoms with E-state index in [2.05, 4.69) is 4.74 Å². The third-order valence-electron chi connectivity index (χ3n) is 4.24. The van der Waals surface area contributed by atoms with Crippen LogP contribution in [0.15, 0.2) is 0 Å². The highest BCUT2D eigenvalue weighted by Gasteiger charge is 2.57. The second kappa shape index (κ2) is 8.83. The van der Waals surface area contributed by atoms with Crippen LogP contribution in [0, 0.1) is 0 Å². The maximum atomic E-state index is 13.1. The molecular formula is C14H27F3O6SSi. The Morgan fingerprint density at radius 3 is 2.12 bits per heavy atom. The van der Waals surface area contributed by atoms with E-state index in [0.717, 1.165) is 12.8 Å². The van der Waals surface area contributed by atoms with Gasteiger partial charge in [-0.3, -0.25) is 9.35 Å². The van der Waals surface area contributed by atoms with Crippen LogP contribution in [0.25, 0.3) is 0 Å². The predicted octanol–water partition coefficient (Wildman–Crippen LogP) is 3.54. The highest BCUT2D eigenvalue weighted by Crippen LogP contribution is 2.36. The summed E-state index contributed by atoms with van der Waals surface area (Å²) in [5.41, 5.74) is -3.25. The van der Waals surface area contributed by atoms with E-state index in [4.69, 9.17) is 8.98 Å². The van der Waals surface area contributed by atoms with Crippen molar-refractivity contribution in [2.75, 3.05) is 12.9 Å². The Hall–Kier alpha value is -0.653. The van der Waals surface area contributed by atoms with Crippen molar-refractivity contribution in [3.8, 4) is 0 Å². The molecule has 0 spiro atoms. The summed E-state index contributed by atoms with van der Waals surface area (Å²) in [5.74, 6) is -2.91. The zero-order chi connectivity index (χ0) is 20.1. The predicted molar refractivity (Wildman–Crippen MR) is 89.4 cm³/mol. The molecule has 0 bridgehead atoms. The van der Waals surface area contributed by atoms with Crippen molar-refractivity contribution in [3.05, 3.63) is 0 Å². The number of ether oxygens (including phenoxy) is 1. The van der Waals surface area contributed by atoms with E-state index in [1.807, 2.05) is 20.0 Å². The first-order chi connectivity index (χ1) is 11.1. The minimum atomic E-state index is -5.14. The average molecular weight is 409 g/mol. The molecule has 0 heterocycles. The number of hydrogen-bond donors (Lipinski definition) is 1. The molecule has 0 aromatic rings. The number of hydrogen-bond acceptors (Lipinski definition) is 5. The Kier molecular flexibility index (Phi) is 8.59. The summed E-state index contributed by atoms with van der Waals surface area (Å²) in [6.45, 7) is 6.29. The Morgan fingerprint density at radius 1 is 1.24 bits per heavy atom. The summed E-state index contributed by atoms with van der Waals surface area (Å²) < 4.78 is 79.6. The number of esters is 1. The average Bonchev–Trinajstić information content (AvgIpc) is 2.39. The smallest absolute Gasteiger partial charge is 0.429 e. The van der Waals surface area contributed by atoms with Crippen LogP contribution in [-0.2, 0) is 24.1 Å². The summed E-state index contributed by atoms with van der Waals surface area (Å²) in [4.78, 5) is 11.9. The standard InChI is InChI=1S/C14H27F3O6SSi/c1-6-7-11(25(4,5)22-3)8-9-12(18)23-13(2,14(15,16)17)10-24(19,20)21/h11H,6-10H2,1-5H3,(H,19,20,21). The van der Waals surface area contributed by atoms with Crippen molar-refractivity contribution in [2.24, 2.45) is 0 Å². The van der Waals surface area contributed by atoms with E-state index in [-0.39, 0.29) is 12.0 Å². The maximum absolute atomic E-state index is 13.1. The lowest BCUT2D eigenvalue weighted by atomic mass is 10.1. The molecule has 25 heavy (non-hydrogen) atoms. The van der Waals surface area contributed by atoms with Crippen LogP contribution in [-0.4, -0.2) is 51.9 Å². The molecule has 1 N–H and O–H groups in total. The molecule has 2 unspecified atom stereocenters. The normalized spacial score (nSPS) is 17.0. The van der Waals surface area contributed by atoms with Gasteiger partial charge in [0.05, 0.1) is 0 Å². The van der Waals surface area contributed by atoms with Crippen molar-refractivity contribution >= 4 is 24.4 Å². The van der Waals surface area contributed by atoms with Gasteiger partial charge in [0.25, 0.3) is 10.1 Å². The molecule has 11 heteroatoms. The summed E-state index contributed by atoms with van der Waals surface area (Å²) in [6, 6.07) is 0. The Morgan fingerprint density at radius 2 is 1.76 bits per heavy atom. The van der Waals surface area contributed by atoms with E-state index >= 15 is 0 Å². The fourth-order valence-corrected chi connectivity index (χ4v) is 5.54. The molecule has 0 aliphatic rings. The molecule has 0 aliphatic carbocycles. The molecular weight excluding hydrogens is 381 g/mol. The Labute approximate surface area is 148 Å². The number of halogens is 3. The van der Waals surface area contributed by atoms with Crippen molar-refractivity contribution in [3.63, 3.8) is 0 Å². The van der Waals surface area contributed by atoms with Crippen LogP contribution in [0.4, 0.5) is 13.2 Å². The quantitative estimate of drug-likeness (QED) is 0.338. The van der Waals surface area contributed by atoms with Gasteiger partial charge in [-0.2, -0.15) is 21.6 Å². The van der Waals surface area contributed by atoms with Crippen LogP contribution in [0.2, 0.25) is 18.6 Å². The molecule has 0 saturated carbocycles. The van der Waals surface area contributed by atoms with Crippen molar-refractivity contribution in [2.45, 2.75) is 69.9 Å². The summed E-state index contributed by atoms with van der Waals surface area (Å²) in [6.07, 6.45) is -3.53. The number of carbonyl (C=O) groups excluding carboxylic acids is 1. The SMILES string of the molecule is CCCC(CCC(=O)OC(C)(CS(=O)(=O)O)C(F)(F)F)[Si](C)(C)OC. The zero-order valence-electron chi connectivity index (χ0n) is 15.1. The first-order valence-corrected chi connectivity index (χ1v) is 12.5. The minimum absolute atomic E-state index is 0.0498. The van der Waals surface area contributed by atoms with Gasteiger partial charge >= 0.3 is 12.1 Å². The van der Waals surface area contributed by atoms with Gasteiger partial charge in [0, 0.05) is 13.5 Å². The van der Waals surface area contributed by atoms with E-state index < -0.39 is 41.9 Å². The molecule has 0 amide bonds. The third kappa shape index (κ3) is 8.05. The van der Waals surface area contributed by atoms with Crippen LogP contribution in [0.3, 0.4) is 0 Å². The van der Waals surface area contributed by atoms with Gasteiger partial charge in [0.15, 0.2) is 8.32 Å². The van der Waals surface area contributed by atoms with Gasteiger partial charge in [-0.25, -0.2) is 0 Å². The van der Waals surface area contributed by atoms with Crippen LogP contribution in [0.5, 0.6) is 0 Å². The number of alkyl halides is 3. The first-order valence-electron chi connectivity index (χ1n) is 7.87. The molecule has 0 aromatic carbocycles. The molecule has 0 saturated heterocycles. The van der Waals surface area contributed by atoms with Crippen molar-refractivity contribution in [1.29, 1.82) is 0 Å². The minimum Gasteiger partial charge on any atom is -0.448 e. The summed E-state index contributed by atoms with van der Waals surface area (Å²) >= 11 is 0. The van der Waals surface area contributed by atoms with E-state index in [0.29, 0.717) is 13.3 Å². The fourth-order valence-electron chi connectivity index (χ4n) is 2.47. The fraction of sp³-hybridized carbons (Fsp3) is 0.929. The molecule has 0 aliphatic heterocycles. The largest absolute Gasteiger partial charge is 0.448 e. The van der Waals surface area contributed by atoms with Crippen molar-refractivity contribution in [1.82, 2.24) is 0 Å². The first kappa shape index (κ1) is 24.3. The summed E-state index contributed by atoms with van der Waals surface area (Å²) in [7, 11) is -5.51. The van der Waals surface area contributed by atoms with Crippen LogP contribution >= 0.6 is 0 Å². The molecule has 2 atom stereocenters. The van der Waals surface area contributed by atoms with Gasteiger partial charge in [-0.1, -0.05) is 19.8 Å². The summed E-state index contributed by atoms with van der Waals surface area (Å²) in [5, 5.41) is 0.